The van der Waals surface area contributed by atoms with Crippen LogP contribution in [-0.2, 0) is 0 Å². The van der Waals surface area contributed by atoms with Crippen LogP contribution in [0.2, 0.25) is 0 Å². The molecule has 124 valence electrons. The molecular weight excluding hydrogens is 272 g/mol. The van der Waals surface area contributed by atoms with Gasteiger partial charge >= 0.3 is 0 Å². The Balaban J connectivity index is 2.13. The van der Waals surface area contributed by atoms with Crippen molar-refractivity contribution in [3.8, 4) is 0 Å². The summed E-state index contributed by atoms with van der Waals surface area (Å²) in [5, 5.41) is 21.6. The van der Waals surface area contributed by atoms with Crippen LogP contribution in [0.3, 0.4) is 0 Å². The molecule has 0 aliphatic heterocycles. The Hall–Kier alpha value is -0.860. The number of aliphatic hydroxyl groups is 2. The molecule has 22 heavy (non-hydrogen) atoms. The highest BCUT2D eigenvalue weighted by molar-refractivity contribution is 5.27. The molecule has 0 heterocycles. The van der Waals surface area contributed by atoms with Crippen LogP contribution in [0.15, 0.2) is 36.0 Å². The second-order valence-electron chi connectivity index (χ2n) is 7.82. The van der Waals surface area contributed by atoms with Gasteiger partial charge < -0.3 is 10.2 Å². The third kappa shape index (κ3) is 3.55. The average Bonchev–Trinajstić information content (AvgIpc) is 2.66. The van der Waals surface area contributed by atoms with Crippen LogP contribution in [-0.4, -0.2) is 21.9 Å². The molecule has 2 heteroatoms. The molecule has 0 bridgehead atoms. The van der Waals surface area contributed by atoms with Gasteiger partial charge in [0.05, 0.1) is 11.7 Å². The van der Waals surface area contributed by atoms with E-state index in [1.807, 2.05) is 19.1 Å². The van der Waals surface area contributed by atoms with Crippen LogP contribution >= 0.6 is 0 Å². The van der Waals surface area contributed by atoms with Crippen molar-refractivity contribution in [1.29, 1.82) is 0 Å². The molecule has 0 radical (unpaired) electrons. The van der Waals surface area contributed by atoms with E-state index in [1.165, 1.54) is 5.57 Å². The average molecular weight is 304 g/mol. The smallest absolute Gasteiger partial charge is 0.0861 e. The third-order valence-electron chi connectivity index (χ3n) is 5.69. The maximum absolute atomic E-state index is 11.0. The predicted molar refractivity (Wildman–Crippen MR) is 92.4 cm³/mol. The Bertz CT molecular complexity index is 468. The van der Waals surface area contributed by atoms with Gasteiger partial charge in [0.2, 0.25) is 0 Å². The highest BCUT2D eigenvalue weighted by Gasteiger charge is 2.49. The molecule has 2 rings (SSSR count). The van der Waals surface area contributed by atoms with Crippen LogP contribution in [0.1, 0.15) is 53.4 Å². The van der Waals surface area contributed by atoms with Gasteiger partial charge in [-0.05, 0) is 58.3 Å². The molecule has 6 atom stereocenters. The fourth-order valence-electron chi connectivity index (χ4n) is 4.27. The summed E-state index contributed by atoms with van der Waals surface area (Å²) in [5.74, 6) is 0.677. The minimum absolute atomic E-state index is 0.125. The van der Waals surface area contributed by atoms with E-state index in [-0.39, 0.29) is 17.8 Å². The molecule has 0 unspecified atom stereocenters. The van der Waals surface area contributed by atoms with Crippen LogP contribution in [0, 0.1) is 23.7 Å². The van der Waals surface area contributed by atoms with E-state index >= 15 is 0 Å². The number of rotatable bonds is 4. The van der Waals surface area contributed by atoms with Gasteiger partial charge in [0, 0.05) is 11.8 Å². The van der Waals surface area contributed by atoms with E-state index in [9.17, 15) is 10.2 Å². The second-order valence-corrected chi connectivity index (χ2v) is 7.82. The summed E-state index contributed by atoms with van der Waals surface area (Å²) in [6.07, 6.45) is 9.80. The Kier molecular flexibility index (Phi) is 5.34. The zero-order chi connectivity index (χ0) is 16.5. The van der Waals surface area contributed by atoms with Crippen LogP contribution in [0.25, 0.3) is 0 Å². The van der Waals surface area contributed by atoms with Crippen molar-refractivity contribution in [2.45, 2.75) is 65.1 Å². The molecule has 2 nitrogen and oxygen atoms in total. The lowest BCUT2D eigenvalue weighted by Gasteiger charge is -2.37. The minimum atomic E-state index is -0.921. The van der Waals surface area contributed by atoms with Gasteiger partial charge in [0.15, 0.2) is 0 Å². The highest BCUT2D eigenvalue weighted by Crippen LogP contribution is 2.48. The topological polar surface area (TPSA) is 40.5 Å². The van der Waals surface area contributed by atoms with Crippen molar-refractivity contribution in [2.75, 3.05) is 0 Å². The quantitative estimate of drug-likeness (QED) is 0.762. The molecule has 2 aliphatic rings. The summed E-state index contributed by atoms with van der Waals surface area (Å²) in [6, 6.07) is 0. The monoisotopic (exact) mass is 304 g/mol. The first kappa shape index (κ1) is 17.5. The fourth-order valence-corrected chi connectivity index (χ4v) is 4.27. The summed E-state index contributed by atoms with van der Waals surface area (Å²) in [5.41, 5.74) is 1.59. The first-order chi connectivity index (χ1) is 10.2. The largest absolute Gasteiger partial charge is 0.392 e. The number of hydrogen-bond donors (Lipinski definition) is 2. The van der Waals surface area contributed by atoms with Gasteiger partial charge in [-0.3, -0.25) is 0 Å². The van der Waals surface area contributed by atoms with Crippen molar-refractivity contribution in [2.24, 2.45) is 23.7 Å². The van der Waals surface area contributed by atoms with Crippen LogP contribution in [0.4, 0.5) is 0 Å². The molecule has 0 saturated heterocycles. The van der Waals surface area contributed by atoms with Crippen molar-refractivity contribution < 1.29 is 10.2 Å². The highest BCUT2D eigenvalue weighted by atomic mass is 16.3. The standard InChI is InChI=1S/C20H32O2/c1-13(2)7-6-8-14(3)17-10-9-15(4)16-11-12-20(5,22)18(16)19(17)21/h7,11-12,14,16-19,21-22H,4,6,8-10H2,1-3,5H3/t14-,16+,17+,18-,19-,20-/m0/s1. The van der Waals surface area contributed by atoms with E-state index in [0.29, 0.717) is 5.92 Å². The maximum Gasteiger partial charge on any atom is 0.0861 e. The van der Waals surface area contributed by atoms with Crippen molar-refractivity contribution >= 4 is 0 Å². The van der Waals surface area contributed by atoms with Crippen molar-refractivity contribution in [1.82, 2.24) is 0 Å². The summed E-state index contributed by atoms with van der Waals surface area (Å²) < 4.78 is 0. The molecule has 0 amide bonds. The lowest BCUT2D eigenvalue weighted by molar-refractivity contribution is -0.0605. The molecule has 1 fully saturated rings. The summed E-state index contributed by atoms with van der Waals surface area (Å²) >= 11 is 0. The lowest BCUT2D eigenvalue weighted by Crippen LogP contribution is -2.44. The lowest BCUT2D eigenvalue weighted by atomic mass is 9.73. The number of aliphatic hydroxyl groups excluding tert-OH is 1. The number of hydrogen-bond acceptors (Lipinski definition) is 2. The van der Waals surface area contributed by atoms with Crippen molar-refractivity contribution in [3.63, 3.8) is 0 Å². The number of allylic oxidation sites excluding steroid dienone is 4. The third-order valence-corrected chi connectivity index (χ3v) is 5.69. The zero-order valence-corrected chi connectivity index (χ0v) is 14.5. The van der Waals surface area contributed by atoms with Crippen LogP contribution in [0.5, 0.6) is 0 Å². The first-order valence-electron chi connectivity index (χ1n) is 8.65. The van der Waals surface area contributed by atoms with E-state index in [2.05, 4.69) is 33.4 Å². The van der Waals surface area contributed by atoms with Gasteiger partial charge in [0.25, 0.3) is 0 Å². The molecule has 0 spiro atoms. The van der Waals surface area contributed by atoms with E-state index in [1.54, 1.807) is 0 Å². The summed E-state index contributed by atoms with van der Waals surface area (Å²) in [7, 11) is 0. The van der Waals surface area contributed by atoms with E-state index in [0.717, 1.165) is 31.3 Å². The first-order valence-corrected chi connectivity index (χ1v) is 8.65. The van der Waals surface area contributed by atoms with Crippen molar-refractivity contribution in [3.05, 3.63) is 36.0 Å². The molecule has 2 aliphatic carbocycles. The number of fused-ring (bicyclic) bond motifs is 1. The Labute approximate surface area is 135 Å². The summed E-state index contributed by atoms with van der Waals surface area (Å²) in [4.78, 5) is 0. The fraction of sp³-hybridized carbons (Fsp3) is 0.700. The minimum Gasteiger partial charge on any atom is -0.392 e. The van der Waals surface area contributed by atoms with Crippen LogP contribution < -0.4 is 0 Å². The normalized spacial score (nSPS) is 39.3. The zero-order valence-electron chi connectivity index (χ0n) is 14.5. The molecule has 1 saturated carbocycles. The van der Waals surface area contributed by atoms with Gasteiger partial charge in [-0.1, -0.05) is 42.9 Å². The van der Waals surface area contributed by atoms with E-state index in [4.69, 9.17) is 0 Å². The molecule has 0 aromatic heterocycles. The van der Waals surface area contributed by atoms with Gasteiger partial charge in [-0.25, -0.2) is 0 Å². The van der Waals surface area contributed by atoms with E-state index < -0.39 is 11.7 Å². The van der Waals surface area contributed by atoms with Gasteiger partial charge in [-0.15, -0.1) is 0 Å². The summed E-state index contributed by atoms with van der Waals surface area (Å²) in [6.45, 7) is 12.5. The maximum atomic E-state index is 11.0. The second kappa shape index (κ2) is 6.72. The Morgan fingerprint density at radius 1 is 1.50 bits per heavy atom. The molecule has 0 aromatic rings. The van der Waals surface area contributed by atoms with Gasteiger partial charge in [-0.2, -0.15) is 0 Å². The predicted octanol–water partition coefficient (Wildman–Crippen LogP) is 4.25. The SMILES string of the molecule is C=C1CC[C@H]([C@@H](C)CCC=C(C)C)[C@H](O)[C@@H]2[C@@H]1C=C[C@]2(C)O. The Morgan fingerprint density at radius 3 is 2.82 bits per heavy atom. The molecule has 0 aromatic carbocycles. The molecular formula is C20H32O2. The van der Waals surface area contributed by atoms with Gasteiger partial charge in [0.1, 0.15) is 0 Å². The molecule has 2 N–H and O–H groups in total. The Morgan fingerprint density at radius 2 is 2.18 bits per heavy atom.